The van der Waals surface area contributed by atoms with Gasteiger partial charge in [0.05, 0.1) is 11.3 Å². The minimum atomic E-state index is -4.59. The Morgan fingerprint density at radius 1 is 1.27 bits per heavy atom. The van der Waals surface area contributed by atoms with Crippen molar-refractivity contribution in [2.75, 3.05) is 13.2 Å². The zero-order valence-corrected chi connectivity index (χ0v) is 11.9. The number of aliphatic carboxylic acids is 1. The third kappa shape index (κ3) is 9.32. The van der Waals surface area contributed by atoms with Gasteiger partial charge in [-0.15, -0.1) is 0 Å². The van der Waals surface area contributed by atoms with Gasteiger partial charge < -0.3 is 15.6 Å². The third-order valence-electron chi connectivity index (χ3n) is 2.65. The van der Waals surface area contributed by atoms with E-state index in [0.29, 0.717) is 0 Å². The lowest BCUT2D eigenvalue weighted by Crippen LogP contribution is -2.19. The summed E-state index contributed by atoms with van der Waals surface area (Å²) in [5.41, 5.74) is 4.94. The summed E-state index contributed by atoms with van der Waals surface area (Å²) >= 11 is 0. The highest BCUT2D eigenvalue weighted by atomic mass is 19.4. The van der Waals surface area contributed by atoms with E-state index in [4.69, 9.17) is 10.8 Å². The summed E-state index contributed by atoms with van der Waals surface area (Å²) in [4.78, 5) is 10.7. The second kappa shape index (κ2) is 9.39. The first kappa shape index (κ1) is 20.4. The van der Waals surface area contributed by atoms with Gasteiger partial charge in [0.2, 0.25) is 6.43 Å². The smallest absolute Gasteiger partial charge is 0.422 e. The lowest BCUT2D eigenvalue weighted by molar-refractivity contribution is -0.166. The van der Waals surface area contributed by atoms with Crippen molar-refractivity contribution >= 4 is 5.97 Å². The summed E-state index contributed by atoms with van der Waals surface area (Å²) in [6, 6.07) is 0. The molecule has 0 bridgehead atoms. The highest BCUT2D eigenvalue weighted by molar-refractivity contribution is 5.87. The molecule has 0 fully saturated rings. The van der Waals surface area contributed by atoms with Crippen LogP contribution in [0.1, 0.15) is 19.8 Å². The lowest BCUT2D eigenvalue weighted by Gasteiger charge is -2.18. The first-order chi connectivity index (χ1) is 10.1. The maximum absolute atomic E-state index is 12.2. The number of ether oxygens (including phenoxy) is 1. The second-order valence-corrected chi connectivity index (χ2v) is 4.54. The number of nitrogens with two attached hydrogens (primary N) is 1. The molecule has 0 saturated carbocycles. The molecule has 0 heterocycles. The van der Waals surface area contributed by atoms with E-state index in [9.17, 15) is 26.7 Å². The molecule has 0 aliphatic heterocycles. The number of alkyl halides is 5. The molecule has 0 amide bonds. The molecule has 0 aromatic carbocycles. The van der Waals surface area contributed by atoms with Gasteiger partial charge in [0, 0.05) is 18.9 Å². The van der Waals surface area contributed by atoms with E-state index in [1.54, 1.807) is 0 Å². The fraction of sp³-hybridized carbons (Fsp3) is 0.615. The summed E-state index contributed by atoms with van der Waals surface area (Å²) in [6.07, 6.45) is -5.74. The third-order valence-corrected chi connectivity index (χ3v) is 2.65. The number of carboxylic acid groups (broad SMARTS) is 1. The maximum Gasteiger partial charge on any atom is 0.422 e. The Morgan fingerprint density at radius 2 is 1.86 bits per heavy atom. The number of allylic oxidation sites excluding steroid dienone is 3. The van der Waals surface area contributed by atoms with Crippen LogP contribution in [0.15, 0.2) is 23.5 Å². The predicted octanol–water partition coefficient (Wildman–Crippen LogP) is 3.10. The largest absolute Gasteiger partial charge is 0.488 e. The molecule has 0 spiro atoms. The van der Waals surface area contributed by atoms with Crippen LogP contribution in [0.25, 0.3) is 0 Å². The van der Waals surface area contributed by atoms with Gasteiger partial charge in [-0.1, -0.05) is 6.92 Å². The van der Waals surface area contributed by atoms with Gasteiger partial charge >= 0.3 is 12.1 Å². The molecule has 0 aromatic rings. The molecule has 0 rings (SSSR count). The Morgan fingerprint density at radius 3 is 2.27 bits per heavy atom. The summed E-state index contributed by atoms with van der Waals surface area (Å²) in [7, 11) is 0. The summed E-state index contributed by atoms with van der Waals surface area (Å²) in [5.74, 6) is -2.26. The van der Waals surface area contributed by atoms with E-state index in [0.717, 1.165) is 12.2 Å². The van der Waals surface area contributed by atoms with Gasteiger partial charge in [-0.25, -0.2) is 13.6 Å². The summed E-state index contributed by atoms with van der Waals surface area (Å²) < 4.78 is 65.5. The molecule has 0 aliphatic carbocycles. The molecular formula is C13H18F5NO3. The molecule has 1 unspecified atom stereocenters. The molecule has 3 N–H and O–H groups in total. The summed E-state index contributed by atoms with van der Waals surface area (Å²) in [5, 5.41) is 8.76. The Bertz CT molecular complexity index is 418. The Hall–Kier alpha value is -1.64. The maximum atomic E-state index is 12.2. The number of hydrogen-bond acceptors (Lipinski definition) is 3. The number of rotatable bonds is 9. The van der Waals surface area contributed by atoms with Crippen LogP contribution in [-0.2, 0) is 9.53 Å². The number of carboxylic acids is 1. The first-order valence-corrected chi connectivity index (χ1v) is 6.38. The summed E-state index contributed by atoms with van der Waals surface area (Å²) in [6.45, 7) is -0.498. The average Bonchev–Trinajstić information content (AvgIpc) is 2.38. The molecule has 128 valence electrons. The SMILES string of the molecule is CC(CCC(F)F)/C(=C\C=C(/CN)C(=O)O)OCC(F)(F)F. The zero-order valence-electron chi connectivity index (χ0n) is 11.9. The monoisotopic (exact) mass is 331 g/mol. The fourth-order valence-electron chi connectivity index (χ4n) is 1.45. The van der Waals surface area contributed by atoms with Crippen LogP contribution in [0.5, 0.6) is 0 Å². The van der Waals surface area contributed by atoms with Crippen molar-refractivity contribution in [2.24, 2.45) is 11.7 Å². The highest BCUT2D eigenvalue weighted by Gasteiger charge is 2.29. The van der Waals surface area contributed by atoms with E-state index in [1.165, 1.54) is 6.92 Å². The highest BCUT2D eigenvalue weighted by Crippen LogP contribution is 2.24. The molecule has 4 nitrogen and oxygen atoms in total. The fourth-order valence-corrected chi connectivity index (χ4v) is 1.45. The minimum Gasteiger partial charge on any atom is -0.488 e. The van der Waals surface area contributed by atoms with E-state index in [1.807, 2.05) is 0 Å². The second-order valence-electron chi connectivity index (χ2n) is 4.54. The molecule has 1 atom stereocenters. The van der Waals surface area contributed by atoms with Crippen molar-refractivity contribution in [1.82, 2.24) is 0 Å². The van der Waals surface area contributed by atoms with Crippen LogP contribution in [0.4, 0.5) is 22.0 Å². The van der Waals surface area contributed by atoms with Crippen LogP contribution in [0.2, 0.25) is 0 Å². The molecular weight excluding hydrogens is 313 g/mol. The average molecular weight is 331 g/mol. The predicted molar refractivity (Wildman–Crippen MR) is 69.3 cm³/mol. The van der Waals surface area contributed by atoms with Crippen molar-refractivity contribution in [1.29, 1.82) is 0 Å². The number of hydrogen-bond donors (Lipinski definition) is 2. The molecule has 0 radical (unpaired) electrons. The molecule has 22 heavy (non-hydrogen) atoms. The lowest BCUT2D eigenvalue weighted by atomic mass is 10.0. The topological polar surface area (TPSA) is 72.6 Å². The normalized spacial score (nSPS) is 15.1. The van der Waals surface area contributed by atoms with E-state index < -0.39 is 37.5 Å². The number of halogens is 5. The Labute approximate surface area is 124 Å². The van der Waals surface area contributed by atoms with E-state index in [-0.39, 0.29) is 24.3 Å². The van der Waals surface area contributed by atoms with Gasteiger partial charge in [0.25, 0.3) is 0 Å². The van der Waals surface area contributed by atoms with Gasteiger partial charge in [-0.3, -0.25) is 0 Å². The Kier molecular flexibility index (Phi) is 8.69. The van der Waals surface area contributed by atoms with Gasteiger partial charge in [-0.05, 0) is 18.6 Å². The molecule has 0 aromatic heterocycles. The van der Waals surface area contributed by atoms with E-state index in [2.05, 4.69) is 4.74 Å². The van der Waals surface area contributed by atoms with Crippen LogP contribution in [-0.4, -0.2) is 36.8 Å². The molecule has 0 saturated heterocycles. The van der Waals surface area contributed by atoms with Gasteiger partial charge in [-0.2, -0.15) is 13.2 Å². The zero-order chi connectivity index (χ0) is 17.3. The van der Waals surface area contributed by atoms with Crippen LogP contribution < -0.4 is 5.73 Å². The van der Waals surface area contributed by atoms with Crippen LogP contribution >= 0.6 is 0 Å². The van der Waals surface area contributed by atoms with Crippen molar-refractivity contribution in [2.45, 2.75) is 32.4 Å². The van der Waals surface area contributed by atoms with Crippen LogP contribution in [0, 0.1) is 5.92 Å². The standard InChI is InChI=1S/C13H18F5NO3/c1-8(2-5-11(14)15)10(22-7-13(16,17)18)4-3-9(6-19)12(20)21/h3-4,8,11H,2,5-7,19H2,1H3,(H,20,21)/b9-3+,10-4+. The first-order valence-electron chi connectivity index (χ1n) is 6.38. The Balaban J connectivity index is 5.09. The van der Waals surface area contributed by atoms with Crippen molar-refractivity contribution in [3.63, 3.8) is 0 Å². The van der Waals surface area contributed by atoms with Gasteiger partial charge in [0.15, 0.2) is 6.61 Å². The minimum absolute atomic E-state index is 0.0970. The van der Waals surface area contributed by atoms with Crippen LogP contribution in [0.3, 0.4) is 0 Å². The van der Waals surface area contributed by atoms with Crippen molar-refractivity contribution < 1.29 is 36.6 Å². The number of carbonyl (C=O) groups is 1. The quantitative estimate of drug-likeness (QED) is 0.295. The van der Waals surface area contributed by atoms with E-state index >= 15 is 0 Å². The van der Waals surface area contributed by atoms with Gasteiger partial charge in [0.1, 0.15) is 0 Å². The molecule has 0 aliphatic rings. The van der Waals surface area contributed by atoms with Crippen molar-refractivity contribution in [3.8, 4) is 0 Å². The van der Waals surface area contributed by atoms with Crippen molar-refractivity contribution in [3.05, 3.63) is 23.5 Å². The molecule has 9 heteroatoms.